The quantitative estimate of drug-likeness (QED) is 0.858. The molecule has 0 radical (unpaired) electrons. The minimum atomic E-state index is 0.504. The van der Waals surface area contributed by atoms with E-state index in [1.54, 1.807) is 0 Å². The van der Waals surface area contributed by atoms with E-state index in [1.165, 1.54) is 5.69 Å². The molecule has 0 amide bonds. The van der Waals surface area contributed by atoms with Gasteiger partial charge in [0, 0.05) is 37.9 Å². The van der Waals surface area contributed by atoms with Gasteiger partial charge in [0.05, 0.1) is 11.6 Å². The third kappa shape index (κ3) is 3.22. The molecule has 18 heavy (non-hydrogen) atoms. The van der Waals surface area contributed by atoms with E-state index in [0.717, 1.165) is 31.7 Å². The maximum absolute atomic E-state index is 8.80. The molecule has 1 aliphatic rings. The van der Waals surface area contributed by atoms with Crippen LogP contribution >= 0.6 is 0 Å². The van der Waals surface area contributed by atoms with Gasteiger partial charge in [-0.2, -0.15) is 5.26 Å². The Morgan fingerprint density at radius 3 is 2.72 bits per heavy atom. The van der Waals surface area contributed by atoms with Crippen molar-refractivity contribution in [3.8, 4) is 6.07 Å². The first-order valence-corrected chi connectivity index (χ1v) is 6.32. The monoisotopic (exact) mass is 244 g/mol. The Balaban J connectivity index is 2.01. The van der Waals surface area contributed by atoms with Gasteiger partial charge < -0.3 is 15.1 Å². The van der Waals surface area contributed by atoms with Crippen molar-refractivity contribution in [2.24, 2.45) is 0 Å². The number of nitriles is 1. The molecule has 0 saturated carbocycles. The van der Waals surface area contributed by atoms with Crippen molar-refractivity contribution in [3.63, 3.8) is 0 Å². The smallest absolute Gasteiger partial charge is 0.0991 e. The zero-order chi connectivity index (χ0) is 13.0. The van der Waals surface area contributed by atoms with E-state index in [0.29, 0.717) is 6.04 Å². The van der Waals surface area contributed by atoms with Crippen molar-refractivity contribution >= 4 is 5.69 Å². The van der Waals surface area contributed by atoms with Crippen LogP contribution < -0.4 is 10.2 Å². The standard InChI is InChI=1S/C14H20N4/c1-17(2)10-13-11-18(8-7-16-13)14-5-3-12(9-15)4-6-14/h3-6,13,16H,7-8,10-11H2,1-2H3. The minimum absolute atomic E-state index is 0.504. The topological polar surface area (TPSA) is 42.3 Å². The summed E-state index contributed by atoms with van der Waals surface area (Å²) in [5, 5.41) is 12.3. The van der Waals surface area contributed by atoms with E-state index in [4.69, 9.17) is 5.26 Å². The van der Waals surface area contributed by atoms with Crippen LogP contribution in [-0.2, 0) is 0 Å². The van der Waals surface area contributed by atoms with E-state index in [2.05, 4.69) is 35.3 Å². The van der Waals surface area contributed by atoms with E-state index in [9.17, 15) is 0 Å². The van der Waals surface area contributed by atoms with Crippen LogP contribution in [0.25, 0.3) is 0 Å². The predicted octanol–water partition coefficient (Wildman–Crippen LogP) is 0.898. The molecule has 1 aromatic rings. The van der Waals surface area contributed by atoms with Crippen molar-refractivity contribution in [2.45, 2.75) is 6.04 Å². The van der Waals surface area contributed by atoms with Gasteiger partial charge in [-0.15, -0.1) is 0 Å². The van der Waals surface area contributed by atoms with Crippen LogP contribution in [0.5, 0.6) is 0 Å². The van der Waals surface area contributed by atoms with Crippen molar-refractivity contribution < 1.29 is 0 Å². The molecule has 4 heteroatoms. The largest absolute Gasteiger partial charge is 0.369 e. The molecule has 0 spiro atoms. The van der Waals surface area contributed by atoms with Crippen molar-refractivity contribution in [1.82, 2.24) is 10.2 Å². The molecule has 1 fully saturated rings. The molecule has 0 aliphatic carbocycles. The second kappa shape index (κ2) is 5.85. The van der Waals surface area contributed by atoms with Gasteiger partial charge in [0.1, 0.15) is 0 Å². The summed E-state index contributed by atoms with van der Waals surface area (Å²) >= 11 is 0. The lowest BCUT2D eigenvalue weighted by atomic mass is 10.1. The Morgan fingerprint density at radius 1 is 1.39 bits per heavy atom. The number of benzene rings is 1. The SMILES string of the molecule is CN(C)CC1CN(c2ccc(C#N)cc2)CCN1. The summed E-state index contributed by atoms with van der Waals surface area (Å²) in [6.07, 6.45) is 0. The molecule has 0 aromatic heterocycles. The zero-order valence-electron chi connectivity index (χ0n) is 11.1. The lowest BCUT2D eigenvalue weighted by Gasteiger charge is -2.36. The van der Waals surface area contributed by atoms with Gasteiger partial charge >= 0.3 is 0 Å². The van der Waals surface area contributed by atoms with Crippen LogP contribution in [0.15, 0.2) is 24.3 Å². The summed E-state index contributed by atoms with van der Waals surface area (Å²) in [6.45, 7) is 4.10. The molecular formula is C14H20N4. The molecule has 1 saturated heterocycles. The third-order valence-electron chi connectivity index (χ3n) is 3.20. The Morgan fingerprint density at radius 2 is 2.11 bits per heavy atom. The first-order chi connectivity index (χ1) is 8.69. The van der Waals surface area contributed by atoms with Crippen molar-refractivity contribution in [2.75, 3.05) is 45.2 Å². The van der Waals surface area contributed by atoms with Crippen molar-refractivity contribution in [1.29, 1.82) is 5.26 Å². The van der Waals surface area contributed by atoms with Gasteiger partial charge in [-0.25, -0.2) is 0 Å². The van der Waals surface area contributed by atoms with Gasteiger partial charge in [0.25, 0.3) is 0 Å². The fraction of sp³-hybridized carbons (Fsp3) is 0.500. The second-order valence-electron chi connectivity index (χ2n) is 5.02. The Labute approximate surface area is 109 Å². The second-order valence-corrected chi connectivity index (χ2v) is 5.02. The van der Waals surface area contributed by atoms with Crippen molar-refractivity contribution in [3.05, 3.63) is 29.8 Å². The summed E-state index contributed by atoms with van der Waals surface area (Å²) < 4.78 is 0. The zero-order valence-corrected chi connectivity index (χ0v) is 11.1. The molecule has 1 heterocycles. The highest BCUT2D eigenvalue weighted by Gasteiger charge is 2.19. The first kappa shape index (κ1) is 12.9. The number of nitrogens with zero attached hydrogens (tertiary/aromatic N) is 3. The summed E-state index contributed by atoms with van der Waals surface area (Å²) in [5.74, 6) is 0. The molecule has 2 rings (SSSR count). The fourth-order valence-electron chi connectivity index (χ4n) is 2.37. The van der Waals surface area contributed by atoms with Crippen LogP contribution in [0.3, 0.4) is 0 Å². The van der Waals surface area contributed by atoms with Crippen LogP contribution in [0.2, 0.25) is 0 Å². The Hall–Kier alpha value is -1.57. The van der Waals surface area contributed by atoms with Crippen LogP contribution in [0, 0.1) is 11.3 Å². The lowest BCUT2D eigenvalue weighted by molar-refractivity contribution is 0.323. The lowest BCUT2D eigenvalue weighted by Crippen LogP contribution is -2.54. The summed E-state index contributed by atoms with van der Waals surface area (Å²) in [4.78, 5) is 4.59. The molecule has 1 N–H and O–H groups in total. The number of anilines is 1. The highest BCUT2D eigenvalue weighted by molar-refractivity contribution is 5.50. The Kier molecular flexibility index (Phi) is 4.19. The number of nitrogens with one attached hydrogen (secondary N) is 1. The van der Waals surface area contributed by atoms with Crippen LogP contribution in [0.4, 0.5) is 5.69 Å². The van der Waals surface area contributed by atoms with Gasteiger partial charge in [-0.1, -0.05) is 0 Å². The summed E-state index contributed by atoms with van der Waals surface area (Å²) in [5.41, 5.74) is 1.93. The first-order valence-electron chi connectivity index (χ1n) is 6.32. The molecule has 1 aliphatic heterocycles. The van der Waals surface area contributed by atoms with Gasteiger partial charge in [-0.05, 0) is 38.4 Å². The van der Waals surface area contributed by atoms with E-state index in [1.807, 2.05) is 24.3 Å². The molecule has 0 bridgehead atoms. The molecule has 4 nitrogen and oxygen atoms in total. The fourth-order valence-corrected chi connectivity index (χ4v) is 2.37. The number of hydrogen-bond donors (Lipinski definition) is 1. The van der Waals surface area contributed by atoms with Gasteiger partial charge in [0.2, 0.25) is 0 Å². The molecule has 1 aromatic carbocycles. The third-order valence-corrected chi connectivity index (χ3v) is 3.20. The molecule has 1 unspecified atom stereocenters. The average molecular weight is 244 g/mol. The van der Waals surface area contributed by atoms with Gasteiger partial charge in [-0.3, -0.25) is 0 Å². The number of likely N-dealkylation sites (N-methyl/N-ethyl adjacent to an activating group) is 1. The highest BCUT2D eigenvalue weighted by Crippen LogP contribution is 2.16. The minimum Gasteiger partial charge on any atom is -0.369 e. The number of rotatable bonds is 3. The van der Waals surface area contributed by atoms with E-state index < -0.39 is 0 Å². The summed E-state index contributed by atoms with van der Waals surface area (Å²) in [7, 11) is 4.20. The maximum atomic E-state index is 8.80. The van der Waals surface area contributed by atoms with Crippen LogP contribution in [-0.4, -0.2) is 51.2 Å². The molecule has 1 atom stereocenters. The molecule has 96 valence electrons. The summed E-state index contributed by atoms with van der Waals surface area (Å²) in [6, 6.07) is 10.5. The molecular weight excluding hydrogens is 224 g/mol. The van der Waals surface area contributed by atoms with E-state index >= 15 is 0 Å². The van der Waals surface area contributed by atoms with E-state index in [-0.39, 0.29) is 0 Å². The average Bonchev–Trinajstić information content (AvgIpc) is 2.38. The Bertz CT molecular complexity index is 418. The number of piperazine rings is 1. The van der Waals surface area contributed by atoms with Crippen LogP contribution in [0.1, 0.15) is 5.56 Å². The normalized spacial score (nSPS) is 19.9. The van der Waals surface area contributed by atoms with Gasteiger partial charge in [0.15, 0.2) is 0 Å². The maximum Gasteiger partial charge on any atom is 0.0991 e. The highest BCUT2D eigenvalue weighted by atomic mass is 15.2. The predicted molar refractivity (Wildman–Crippen MR) is 73.7 cm³/mol. The number of hydrogen-bond acceptors (Lipinski definition) is 4.